The molecular formula is C9H13NO. The molecule has 0 unspecified atom stereocenters. The van der Waals surface area contributed by atoms with Crippen LogP contribution in [0.25, 0.3) is 0 Å². The Morgan fingerprint density at radius 3 is 2.64 bits per heavy atom. The van der Waals surface area contributed by atoms with Crippen LogP contribution in [0.2, 0.25) is 0 Å². The number of aliphatic hydroxyl groups excluding tert-OH is 1. The summed E-state index contributed by atoms with van der Waals surface area (Å²) in [6.07, 6.45) is 0. The zero-order chi connectivity index (χ0) is 8.27. The van der Waals surface area contributed by atoms with E-state index in [2.05, 4.69) is 0 Å². The Kier molecular flexibility index (Phi) is 2.63. The number of hydrogen-bond donors (Lipinski definition) is 2. The summed E-state index contributed by atoms with van der Waals surface area (Å²) in [6.45, 7) is 2.59. The lowest BCUT2D eigenvalue weighted by molar-refractivity contribution is 0.280. The second-order valence-corrected chi connectivity index (χ2v) is 2.63. The van der Waals surface area contributed by atoms with Crippen molar-refractivity contribution in [3.63, 3.8) is 0 Å². The Balaban J connectivity index is 3.06. The normalized spacial score (nSPS) is 10.1. The number of aliphatic hydroxyl groups is 1. The third kappa shape index (κ3) is 1.79. The molecule has 0 aliphatic rings. The molecule has 0 atom stereocenters. The van der Waals surface area contributed by atoms with Crippen LogP contribution in [0.3, 0.4) is 0 Å². The fraction of sp³-hybridized carbons (Fsp3) is 0.333. The second kappa shape index (κ2) is 3.51. The van der Waals surface area contributed by atoms with Crippen molar-refractivity contribution in [3.8, 4) is 0 Å². The van der Waals surface area contributed by atoms with Crippen LogP contribution in [0.4, 0.5) is 0 Å². The van der Waals surface area contributed by atoms with Gasteiger partial charge in [0.15, 0.2) is 0 Å². The maximum absolute atomic E-state index is 8.88. The molecule has 0 aliphatic heterocycles. The minimum absolute atomic E-state index is 0.0762. The van der Waals surface area contributed by atoms with Crippen molar-refractivity contribution in [3.05, 3.63) is 34.9 Å². The van der Waals surface area contributed by atoms with E-state index < -0.39 is 0 Å². The molecule has 3 N–H and O–H groups in total. The number of aryl methyl sites for hydroxylation is 1. The largest absolute Gasteiger partial charge is 0.392 e. The van der Waals surface area contributed by atoms with Crippen LogP contribution < -0.4 is 5.73 Å². The monoisotopic (exact) mass is 151 g/mol. The first-order valence-corrected chi connectivity index (χ1v) is 3.67. The van der Waals surface area contributed by atoms with Crippen LogP contribution in [0.5, 0.6) is 0 Å². The molecule has 2 nitrogen and oxygen atoms in total. The SMILES string of the molecule is Cc1ccc(CO)c(CN)c1. The number of hydrogen-bond acceptors (Lipinski definition) is 2. The molecule has 60 valence electrons. The fourth-order valence-corrected chi connectivity index (χ4v) is 1.10. The van der Waals surface area contributed by atoms with E-state index in [0.717, 1.165) is 11.1 Å². The van der Waals surface area contributed by atoms with E-state index >= 15 is 0 Å². The van der Waals surface area contributed by atoms with Gasteiger partial charge in [0.1, 0.15) is 0 Å². The Hall–Kier alpha value is -0.860. The zero-order valence-corrected chi connectivity index (χ0v) is 6.67. The van der Waals surface area contributed by atoms with Crippen molar-refractivity contribution >= 4 is 0 Å². The topological polar surface area (TPSA) is 46.2 Å². The summed E-state index contributed by atoms with van der Waals surface area (Å²) in [4.78, 5) is 0. The van der Waals surface area contributed by atoms with Gasteiger partial charge in [0.2, 0.25) is 0 Å². The van der Waals surface area contributed by atoms with Crippen LogP contribution in [-0.2, 0) is 13.2 Å². The third-order valence-electron chi connectivity index (χ3n) is 1.75. The molecule has 0 aromatic heterocycles. The van der Waals surface area contributed by atoms with Gasteiger partial charge in [-0.05, 0) is 18.1 Å². The highest BCUT2D eigenvalue weighted by Gasteiger charge is 1.98. The highest BCUT2D eigenvalue weighted by Crippen LogP contribution is 2.10. The lowest BCUT2D eigenvalue weighted by atomic mass is 10.1. The maximum atomic E-state index is 8.88. The molecular weight excluding hydrogens is 138 g/mol. The molecule has 0 saturated heterocycles. The molecule has 0 amide bonds. The first-order chi connectivity index (χ1) is 5.27. The van der Waals surface area contributed by atoms with Gasteiger partial charge in [0.25, 0.3) is 0 Å². The number of benzene rings is 1. The van der Waals surface area contributed by atoms with Crippen molar-refractivity contribution in [2.45, 2.75) is 20.1 Å². The first-order valence-electron chi connectivity index (χ1n) is 3.67. The quantitative estimate of drug-likeness (QED) is 0.661. The summed E-state index contributed by atoms with van der Waals surface area (Å²) in [7, 11) is 0. The van der Waals surface area contributed by atoms with Crippen LogP contribution in [0, 0.1) is 6.92 Å². The van der Waals surface area contributed by atoms with Gasteiger partial charge in [-0.3, -0.25) is 0 Å². The minimum atomic E-state index is 0.0762. The molecule has 0 fully saturated rings. The van der Waals surface area contributed by atoms with Gasteiger partial charge in [-0.2, -0.15) is 0 Å². The third-order valence-corrected chi connectivity index (χ3v) is 1.75. The van der Waals surface area contributed by atoms with Crippen molar-refractivity contribution in [1.82, 2.24) is 0 Å². The Morgan fingerprint density at radius 2 is 2.09 bits per heavy atom. The molecule has 1 aromatic rings. The molecule has 0 heterocycles. The summed E-state index contributed by atoms with van der Waals surface area (Å²) < 4.78 is 0. The number of nitrogens with two attached hydrogens (primary N) is 1. The summed E-state index contributed by atoms with van der Waals surface area (Å²) in [5.41, 5.74) is 8.63. The second-order valence-electron chi connectivity index (χ2n) is 2.63. The Morgan fingerprint density at radius 1 is 1.36 bits per heavy atom. The molecule has 1 aromatic carbocycles. The Labute approximate surface area is 66.7 Å². The average molecular weight is 151 g/mol. The molecule has 2 heteroatoms. The van der Waals surface area contributed by atoms with Gasteiger partial charge in [0.05, 0.1) is 6.61 Å². The smallest absolute Gasteiger partial charge is 0.0685 e. The van der Waals surface area contributed by atoms with E-state index in [4.69, 9.17) is 10.8 Å². The van der Waals surface area contributed by atoms with E-state index in [1.807, 2.05) is 25.1 Å². The molecule has 0 bridgehead atoms. The van der Waals surface area contributed by atoms with E-state index in [9.17, 15) is 0 Å². The first kappa shape index (κ1) is 8.24. The predicted molar refractivity (Wildman–Crippen MR) is 45.0 cm³/mol. The van der Waals surface area contributed by atoms with Gasteiger partial charge < -0.3 is 10.8 Å². The van der Waals surface area contributed by atoms with E-state index in [-0.39, 0.29) is 6.61 Å². The number of rotatable bonds is 2. The van der Waals surface area contributed by atoms with Crippen LogP contribution in [-0.4, -0.2) is 5.11 Å². The van der Waals surface area contributed by atoms with Crippen molar-refractivity contribution < 1.29 is 5.11 Å². The summed E-state index contributed by atoms with van der Waals surface area (Å²) in [6, 6.07) is 5.90. The van der Waals surface area contributed by atoms with E-state index in [1.54, 1.807) is 0 Å². The standard InChI is InChI=1S/C9H13NO/c1-7-2-3-8(6-11)9(4-7)5-10/h2-4,11H,5-6,10H2,1H3. The lowest BCUT2D eigenvalue weighted by Crippen LogP contribution is -2.01. The van der Waals surface area contributed by atoms with Gasteiger partial charge >= 0.3 is 0 Å². The van der Waals surface area contributed by atoms with Gasteiger partial charge in [-0.25, -0.2) is 0 Å². The molecule has 0 aliphatic carbocycles. The zero-order valence-electron chi connectivity index (χ0n) is 6.67. The molecule has 0 spiro atoms. The summed E-state index contributed by atoms with van der Waals surface area (Å²) in [5.74, 6) is 0. The summed E-state index contributed by atoms with van der Waals surface area (Å²) >= 11 is 0. The fourth-order valence-electron chi connectivity index (χ4n) is 1.10. The predicted octanol–water partition coefficient (Wildman–Crippen LogP) is 0.946. The highest BCUT2D eigenvalue weighted by atomic mass is 16.3. The molecule has 1 rings (SSSR count). The average Bonchev–Trinajstić information content (AvgIpc) is 2.04. The molecule has 0 saturated carbocycles. The minimum Gasteiger partial charge on any atom is -0.392 e. The van der Waals surface area contributed by atoms with Crippen molar-refractivity contribution in [2.24, 2.45) is 5.73 Å². The van der Waals surface area contributed by atoms with Crippen molar-refractivity contribution in [1.29, 1.82) is 0 Å². The summed E-state index contributed by atoms with van der Waals surface area (Å²) in [5, 5.41) is 8.88. The van der Waals surface area contributed by atoms with Crippen LogP contribution in [0.15, 0.2) is 18.2 Å². The van der Waals surface area contributed by atoms with Crippen molar-refractivity contribution in [2.75, 3.05) is 0 Å². The Bertz CT molecular complexity index is 245. The maximum Gasteiger partial charge on any atom is 0.0685 e. The van der Waals surface area contributed by atoms with Crippen LogP contribution in [0.1, 0.15) is 16.7 Å². The highest BCUT2D eigenvalue weighted by molar-refractivity contribution is 5.30. The van der Waals surface area contributed by atoms with E-state index in [1.165, 1.54) is 5.56 Å². The lowest BCUT2D eigenvalue weighted by Gasteiger charge is -2.04. The van der Waals surface area contributed by atoms with E-state index in [0.29, 0.717) is 6.54 Å². The molecule has 0 radical (unpaired) electrons. The van der Waals surface area contributed by atoms with Crippen LogP contribution >= 0.6 is 0 Å². The van der Waals surface area contributed by atoms with Gasteiger partial charge in [-0.1, -0.05) is 23.8 Å². The van der Waals surface area contributed by atoms with Gasteiger partial charge in [0, 0.05) is 6.54 Å². The van der Waals surface area contributed by atoms with Gasteiger partial charge in [-0.15, -0.1) is 0 Å². The molecule has 11 heavy (non-hydrogen) atoms.